The molecule has 0 radical (unpaired) electrons. The number of non-ortho nitro benzene ring substituents is 1. The molecule has 3 rings (SSSR count). The van der Waals surface area contributed by atoms with Crippen molar-refractivity contribution >= 4 is 5.69 Å². The molecule has 7 heteroatoms. The van der Waals surface area contributed by atoms with Gasteiger partial charge in [-0.1, -0.05) is 17.3 Å². The van der Waals surface area contributed by atoms with Crippen LogP contribution in [0.1, 0.15) is 5.56 Å². The Morgan fingerprint density at radius 3 is 2.48 bits per heavy atom. The van der Waals surface area contributed by atoms with Gasteiger partial charge in [0.15, 0.2) is 5.76 Å². The van der Waals surface area contributed by atoms with Gasteiger partial charge in [-0.25, -0.2) is 4.39 Å². The van der Waals surface area contributed by atoms with E-state index in [0.29, 0.717) is 11.1 Å². The molecular formula is C16H11FN2O4. The smallest absolute Gasteiger partial charge is 0.269 e. The molecule has 0 saturated heterocycles. The highest BCUT2D eigenvalue weighted by atomic mass is 19.1. The van der Waals surface area contributed by atoms with Gasteiger partial charge in [-0.2, -0.15) is 0 Å². The molecule has 0 atom stereocenters. The lowest BCUT2D eigenvalue weighted by atomic mass is 10.0. The lowest BCUT2D eigenvalue weighted by molar-refractivity contribution is -0.384. The molecule has 0 aliphatic heterocycles. The first kappa shape index (κ1) is 14.9. The van der Waals surface area contributed by atoms with Crippen LogP contribution in [0.5, 0.6) is 0 Å². The normalized spacial score (nSPS) is 10.7. The fourth-order valence-corrected chi connectivity index (χ4v) is 2.28. The zero-order valence-electron chi connectivity index (χ0n) is 11.8. The minimum Gasteiger partial charge on any atom is -0.391 e. The number of nitrogens with zero attached hydrogens (tertiary/aromatic N) is 2. The second kappa shape index (κ2) is 5.98. The summed E-state index contributed by atoms with van der Waals surface area (Å²) < 4.78 is 19.1. The van der Waals surface area contributed by atoms with Gasteiger partial charge in [0, 0.05) is 23.3 Å². The van der Waals surface area contributed by atoms with Crippen LogP contribution < -0.4 is 0 Å². The molecular weight excluding hydrogens is 303 g/mol. The molecule has 1 heterocycles. The molecule has 0 saturated carbocycles. The van der Waals surface area contributed by atoms with Crippen molar-refractivity contribution in [2.45, 2.75) is 6.61 Å². The lowest BCUT2D eigenvalue weighted by Gasteiger charge is -2.02. The Labute approximate surface area is 129 Å². The fraction of sp³-hybridized carbons (Fsp3) is 0.0625. The summed E-state index contributed by atoms with van der Waals surface area (Å²) in [5.74, 6) is -0.230. The van der Waals surface area contributed by atoms with E-state index >= 15 is 0 Å². The maximum Gasteiger partial charge on any atom is 0.269 e. The Kier molecular flexibility index (Phi) is 3.86. The van der Waals surface area contributed by atoms with E-state index in [1.54, 1.807) is 12.1 Å². The predicted octanol–water partition coefficient (Wildman–Crippen LogP) is 3.55. The number of halogens is 1. The van der Waals surface area contributed by atoms with Crippen molar-refractivity contribution in [3.63, 3.8) is 0 Å². The van der Waals surface area contributed by atoms with Crippen molar-refractivity contribution in [2.75, 3.05) is 0 Å². The van der Waals surface area contributed by atoms with E-state index in [1.165, 1.54) is 36.4 Å². The number of benzene rings is 2. The quantitative estimate of drug-likeness (QED) is 0.587. The first-order chi connectivity index (χ1) is 11.1. The van der Waals surface area contributed by atoms with E-state index in [0.717, 1.165) is 0 Å². The summed E-state index contributed by atoms with van der Waals surface area (Å²) in [7, 11) is 0. The van der Waals surface area contributed by atoms with Gasteiger partial charge in [-0.15, -0.1) is 0 Å². The molecule has 0 aliphatic carbocycles. The second-order valence-corrected chi connectivity index (χ2v) is 4.78. The topological polar surface area (TPSA) is 89.4 Å². The van der Waals surface area contributed by atoms with E-state index in [4.69, 9.17) is 4.52 Å². The van der Waals surface area contributed by atoms with Crippen molar-refractivity contribution in [1.82, 2.24) is 5.16 Å². The van der Waals surface area contributed by atoms with Crippen LogP contribution in [0.25, 0.3) is 22.6 Å². The summed E-state index contributed by atoms with van der Waals surface area (Å²) in [5.41, 5.74) is 1.19. The van der Waals surface area contributed by atoms with Crippen LogP contribution in [0, 0.1) is 15.9 Å². The van der Waals surface area contributed by atoms with E-state index < -0.39 is 17.3 Å². The molecule has 2 aromatic carbocycles. The Balaban J connectivity index is 2.08. The first-order valence-electron chi connectivity index (χ1n) is 6.71. The van der Waals surface area contributed by atoms with E-state index in [2.05, 4.69) is 5.16 Å². The Hall–Kier alpha value is -3.06. The van der Waals surface area contributed by atoms with Gasteiger partial charge in [0.05, 0.1) is 17.1 Å². The molecule has 0 amide bonds. The molecule has 0 fully saturated rings. The van der Waals surface area contributed by atoms with Crippen LogP contribution in [-0.2, 0) is 6.61 Å². The standard InChI is InChI=1S/C16H11FN2O4/c17-14-4-2-1-3-12(14)15-13(9-20)16(23-18-15)10-5-7-11(8-6-10)19(21)22/h1-8,20H,9H2. The maximum absolute atomic E-state index is 13.9. The van der Waals surface area contributed by atoms with Crippen molar-refractivity contribution in [1.29, 1.82) is 0 Å². The number of rotatable bonds is 4. The average Bonchev–Trinajstić information content (AvgIpc) is 2.99. The molecule has 23 heavy (non-hydrogen) atoms. The van der Waals surface area contributed by atoms with Gasteiger partial charge in [0.25, 0.3) is 5.69 Å². The number of nitro benzene ring substituents is 1. The van der Waals surface area contributed by atoms with E-state index in [9.17, 15) is 19.6 Å². The third-order valence-electron chi connectivity index (χ3n) is 3.42. The van der Waals surface area contributed by atoms with Gasteiger partial charge in [-0.05, 0) is 24.3 Å². The molecule has 6 nitrogen and oxygen atoms in total. The van der Waals surface area contributed by atoms with Crippen LogP contribution in [0.4, 0.5) is 10.1 Å². The molecule has 1 N–H and O–H groups in total. The summed E-state index contributed by atoms with van der Waals surface area (Å²) in [6.07, 6.45) is 0. The maximum atomic E-state index is 13.9. The molecule has 116 valence electrons. The average molecular weight is 314 g/mol. The number of aliphatic hydroxyl groups excluding tert-OH is 1. The van der Waals surface area contributed by atoms with Gasteiger partial charge in [-0.3, -0.25) is 10.1 Å². The molecule has 0 spiro atoms. The Morgan fingerprint density at radius 2 is 1.87 bits per heavy atom. The Morgan fingerprint density at radius 1 is 1.17 bits per heavy atom. The number of aromatic nitrogens is 1. The monoisotopic (exact) mass is 314 g/mol. The van der Waals surface area contributed by atoms with Crippen molar-refractivity contribution in [3.05, 3.63) is 70.0 Å². The summed E-state index contributed by atoms with van der Waals surface area (Å²) in [6.45, 7) is -0.403. The highest BCUT2D eigenvalue weighted by molar-refractivity contribution is 5.73. The summed E-state index contributed by atoms with van der Waals surface area (Å²) in [5, 5.41) is 24.1. The molecule has 0 aliphatic rings. The highest BCUT2D eigenvalue weighted by Gasteiger charge is 2.20. The number of hydrogen-bond acceptors (Lipinski definition) is 5. The molecule has 0 unspecified atom stereocenters. The predicted molar refractivity (Wildman–Crippen MR) is 79.9 cm³/mol. The van der Waals surface area contributed by atoms with Crippen LogP contribution in [0.15, 0.2) is 53.1 Å². The largest absolute Gasteiger partial charge is 0.391 e. The van der Waals surface area contributed by atoms with Crippen molar-refractivity contribution < 1.29 is 18.9 Å². The van der Waals surface area contributed by atoms with E-state index in [1.807, 2.05) is 0 Å². The first-order valence-corrected chi connectivity index (χ1v) is 6.71. The molecule has 0 bridgehead atoms. The molecule has 1 aromatic heterocycles. The van der Waals surface area contributed by atoms with E-state index in [-0.39, 0.29) is 22.7 Å². The zero-order chi connectivity index (χ0) is 16.4. The Bertz CT molecular complexity index is 859. The third-order valence-corrected chi connectivity index (χ3v) is 3.42. The summed E-state index contributed by atoms with van der Waals surface area (Å²) in [6, 6.07) is 11.6. The number of nitro groups is 1. The highest BCUT2D eigenvalue weighted by Crippen LogP contribution is 2.34. The lowest BCUT2D eigenvalue weighted by Crippen LogP contribution is -1.92. The van der Waals surface area contributed by atoms with Gasteiger partial charge < -0.3 is 9.63 Å². The van der Waals surface area contributed by atoms with Crippen molar-refractivity contribution in [2.24, 2.45) is 0 Å². The van der Waals surface area contributed by atoms with Gasteiger partial charge >= 0.3 is 0 Å². The van der Waals surface area contributed by atoms with Crippen LogP contribution in [-0.4, -0.2) is 15.2 Å². The summed E-state index contributed by atoms with van der Waals surface area (Å²) >= 11 is 0. The summed E-state index contributed by atoms with van der Waals surface area (Å²) in [4.78, 5) is 10.2. The van der Waals surface area contributed by atoms with Gasteiger partial charge in [0.2, 0.25) is 0 Å². The number of aliphatic hydroxyl groups is 1. The van der Waals surface area contributed by atoms with Gasteiger partial charge in [0.1, 0.15) is 11.5 Å². The third kappa shape index (κ3) is 2.69. The minimum atomic E-state index is -0.512. The SMILES string of the molecule is O=[N+]([O-])c1ccc(-c2onc(-c3ccccc3F)c2CO)cc1. The van der Waals surface area contributed by atoms with Crippen LogP contribution >= 0.6 is 0 Å². The van der Waals surface area contributed by atoms with Crippen LogP contribution in [0.2, 0.25) is 0 Å². The minimum absolute atomic E-state index is 0.0619. The van der Waals surface area contributed by atoms with Crippen LogP contribution in [0.3, 0.4) is 0 Å². The fourth-order valence-electron chi connectivity index (χ4n) is 2.28. The molecule has 3 aromatic rings. The van der Waals surface area contributed by atoms with Crippen molar-refractivity contribution in [3.8, 4) is 22.6 Å². The number of hydrogen-bond donors (Lipinski definition) is 1. The zero-order valence-corrected chi connectivity index (χ0v) is 11.8. The second-order valence-electron chi connectivity index (χ2n) is 4.78.